The van der Waals surface area contributed by atoms with Gasteiger partial charge in [-0.1, -0.05) is 26.0 Å². The fourth-order valence-electron chi connectivity index (χ4n) is 2.35. The molecule has 2 rings (SSSR count). The van der Waals surface area contributed by atoms with Crippen LogP contribution in [0.1, 0.15) is 44.2 Å². The second kappa shape index (κ2) is 6.49. The third-order valence-electron chi connectivity index (χ3n) is 3.78. The Kier molecular flexibility index (Phi) is 4.94. The van der Waals surface area contributed by atoms with Gasteiger partial charge < -0.3 is 5.73 Å². The zero-order valence-electron chi connectivity index (χ0n) is 12.0. The Balaban J connectivity index is 2.03. The number of benzene rings is 1. The molecule has 106 valence electrons. The van der Waals surface area contributed by atoms with Crippen LogP contribution in [0.2, 0.25) is 0 Å². The molecule has 1 aliphatic rings. The van der Waals surface area contributed by atoms with Crippen LogP contribution in [-0.4, -0.2) is 17.5 Å². The quantitative estimate of drug-likeness (QED) is 0.819. The Labute approximate surface area is 115 Å². The molecule has 2 N–H and O–H groups in total. The normalized spacial score (nSPS) is 15.5. The molecule has 0 radical (unpaired) electrons. The van der Waals surface area contributed by atoms with Gasteiger partial charge in [0.25, 0.3) is 0 Å². The highest BCUT2D eigenvalue weighted by atomic mass is 19.1. The van der Waals surface area contributed by atoms with Gasteiger partial charge in [-0.05, 0) is 43.4 Å². The van der Waals surface area contributed by atoms with Crippen molar-refractivity contribution in [1.82, 2.24) is 4.90 Å². The van der Waals surface area contributed by atoms with Gasteiger partial charge in [-0.25, -0.2) is 4.39 Å². The van der Waals surface area contributed by atoms with Crippen molar-refractivity contribution >= 4 is 0 Å². The summed E-state index contributed by atoms with van der Waals surface area (Å²) in [6.07, 6.45) is 3.70. The maximum Gasteiger partial charge on any atom is 0.127 e. The van der Waals surface area contributed by atoms with E-state index in [1.54, 1.807) is 12.1 Å². The van der Waals surface area contributed by atoms with Crippen LogP contribution in [0.5, 0.6) is 0 Å². The van der Waals surface area contributed by atoms with Crippen LogP contribution >= 0.6 is 0 Å². The summed E-state index contributed by atoms with van der Waals surface area (Å²) in [4.78, 5) is 2.43. The van der Waals surface area contributed by atoms with Crippen LogP contribution in [0.4, 0.5) is 4.39 Å². The van der Waals surface area contributed by atoms with E-state index >= 15 is 0 Å². The van der Waals surface area contributed by atoms with E-state index in [1.165, 1.54) is 19.3 Å². The van der Waals surface area contributed by atoms with Gasteiger partial charge in [0.2, 0.25) is 0 Å². The number of rotatable bonds is 7. The molecule has 1 aliphatic carbocycles. The van der Waals surface area contributed by atoms with Gasteiger partial charge in [0.15, 0.2) is 0 Å². The van der Waals surface area contributed by atoms with Crippen LogP contribution in [-0.2, 0) is 13.1 Å². The van der Waals surface area contributed by atoms with Gasteiger partial charge >= 0.3 is 0 Å². The Morgan fingerprint density at radius 3 is 2.68 bits per heavy atom. The molecule has 1 fully saturated rings. The topological polar surface area (TPSA) is 29.3 Å². The molecule has 0 atom stereocenters. The molecule has 2 nitrogen and oxygen atoms in total. The third kappa shape index (κ3) is 4.29. The molecule has 0 bridgehead atoms. The summed E-state index contributed by atoms with van der Waals surface area (Å²) in [5.74, 6) is 0.592. The lowest BCUT2D eigenvalue weighted by Crippen LogP contribution is -2.28. The van der Waals surface area contributed by atoms with Gasteiger partial charge in [0, 0.05) is 24.7 Å². The predicted molar refractivity (Wildman–Crippen MR) is 77.2 cm³/mol. The summed E-state index contributed by atoms with van der Waals surface area (Å²) >= 11 is 0. The van der Waals surface area contributed by atoms with Gasteiger partial charge in [-0.2, -0.15) is 0 Å². The van der Waals surface area contributed by atoms with Crippen molar-refractivity contribution < 1.29 is 4.39 Å². The fourth-order valence-corrected chi connectivity index (χ4v) is 2.35. The standard InChI is InChI=1S/C16H25FN2/c1-12(2)7-8-19(15-4-5-15)11-14-9-13(10-18)3-6-16(14)17/h3,6,9,12,15H,4-5,7-8,10-11,18H2,1-2H3. The Morgan fingerprint density at radius 2 is 2.11 bits per heavy atom. The lowest BCUT2D eigenvalue weighted by Gasteiger charge is -2.23. The molecule has 1 saturated carbocycles. The van der Waals surface area contributed by atoms with Gasteiger partial charge in [-0.3, -0.25) is 4.90 Å². The Morgan fingerprint density at radius 1 is 1.37 bits per heavy atom. The zero-order valence-corrected chi connectivity index (χ0v) is 12.0. The first-order valence-electron chi connectivity index (χ1n) is 7.31. The summed E-state index contributed by atoms with van der Waals surface area (Å²) in [5.41, 5.74) is 7.43. The largest absolute Gasteiger partial charge is 0.326 e. The molecule has 1 aromatic carbocycles. The molecule has 0 spiro atoms. The molecule has 0 unspecified atom stereocenters. The van der Waals surface area contributed by atoms with E-state index < -0.39 is 0 Å². The van der Waals surface area contributed by atoms with Crippen molar-refractivity contribution in [3.63, 3.8) is 0 Å². The lowest BCUT2D eigenvalue weighted by atomic mass is 10.1. The van der Waals surface area contributed by atoms with Crippen molar-refractivity contribution in [3.05, 3.63) is 35.1 Å². The fraction of sp³-hybridized carbons (Fsp3) is 0.625. The second-order valence-electron chi connectivity index (χ2n) is 6.01. The average Bonchev–Trinajstić information content (AvgIpc) is 3.20. The summed E-state index contributed by atoms with van der Waals surface area (Å²) in [6.45, 7) is 6.73. The van der Waals surface area contributed by atoms with Crippen LogP contribution < -0.4 is 5.73 Å². The first-order valence-corrected chi connectivity index (χ1v) is 7.31. The van der Waals surface area contributed by atoms with Crippen LogP contribution in [0, 0.1) is 11.7 Å². The molecule has 0 saturated heterocycles. The van der Waals surface area contributed by atoms with Crippen molar-refractivity contribution in [2.24, 2.45) is 11.7 Å². The van der Waals surface area contributed by atoms with Crippen molar-refractivity contribution in [1.29, 1.82) is 0 Å². The minimum absolute atomic E-state index is 0.104. The van der Waals surface area contributed by atoms with Crippen LogP contribution in [0.15, 0.2) is 18.2 Å². The van der Waals surface area contributed by atoms with E-state index in [-0.39, 0.29) is 5.82 Å². The monoisotopic (exact) mass is 264 g/mol. The minimum Gasteiger partial charge on any atom is -0.326 e. The smallest absolute Gasteiger partial charge is 0.127 e. The predicted octanol–water partition coefficient (Wildman–Crippen LogP) is 3.29. The summed E-state index contributed by atoms with van der Waals surface area (Å²) < 4.78 is 13.9. The van der Waals surface area contributed by atoms with E-state index in [1.807, 2.05) is 6.07 Å². The van der Waals surface area contributed by atoms with Crippen molar-refractivity contribution in [3.8, 4) is 0 Å². The van der Waals surface area contributed by atoms with Crippen LogP contribution in [0.3, 0.4) is 0 Å². The number of hydrogen-bond acceptors (Lipinski definition) is 2. The van der Waals surface area contributed by atoms with E-state index in [0.29, 0.717) is 18.5 Å². The lowest BCUT2D eigenvalue weighted by molar-refractivity contribution is 0.236. The maximum atomic E-state index is 13.9. The molecule has 3 heteroatoms. The number of hydrogen-bond donors (Lipinski definition) is 1. The molecule has 1 aromatic rings. The molecular formula is C16H25FN2. The Hall–Kier alpha value is -0.930. The molecule has 0 heterocycles. The maximum absolute atomic E-state index is 13.9. The number of nitrogens with two attached hydrogens (primary N) is 1. The van der Waals surface area contributed by atoms with E-state index in [0.717, 1.165) is 24.2 Å². The van der Waals surface area contributed by atoms with Crippen molar-refractivity contribution in [2.75, 3.05) is 6.54 Å². The molecule has 0 aromatic heterocycles. The second-order valence-corrected chi connectivity index (χ2v) is 6.01. The summed E-state index contributed by atoms with van der Waals surface area (Å²) in [6, 6.07) is 5.90. The first kappa shape index (κ1) is 14.5. The Bertz CT molecular complexity index is 413. The highest BCUT2D eigenvalue weighted by molar-refractivity contribution is 5.25. The molecular weight excluding hydrogens is 239 g/mol. The molecule has 19 heavy (non-hydrogen) atoms. The highest BCUT2D eigenvalue weighted by Crippen LogP contribution is 2.29. The van der Waals surface area contributed by atoms with Gasteiger partial charge in [0.1, 0.15) is 5.82 Å². The van der Waals surface area contributed by atoms with E-state index in [2.05, 4.69) is 18.7 Å². The minimum atomic E-state index is -0.104. The number of nitrogens with zero attached hydrogens (tertiary/aromatic N) is 1. The summed E-state index contributed by atoms with van der Waals surface area (Å²) in [5, 5.41) is 0. The SMILES string of the molecule is CC(C)CCN(Cc1cc(CN)ccc1F)C1CC1. The van der Waals surface area contributed by atoms with E-state index in [4.69, 9.17) is 5.73 Å². The average molecular weight is 264 g/mol. The third-order valence-corrected chi connectivity index (χ3v) is 3.78. The highest BCUT2D eigenvalue weighted by Gasteiger charge is 2.29. The van der Waals surface area contributed by atoms with Crippen molar-refractivity contribution in [2.45, 2.75) is 52.2 Å². The van der Waals surface area contributed by atoms with Crippen LogP contribution in [0.25, 0.3) is 0 Å². The zero-order chi connectivity index (χ0) is 13.8. The molecule has 0 amide bonds. The first-order chi connectivity index (χ1) is 9.10. The number of halogens is 1. The summed E-state index contributed by atoms with van der Waals surface area (Å²) in [7, 11) is 0. The van der Waals surface area contributed by atoms with E-state index in [9.17, 15) is 4.39 Å². The molecule has 0 aliphatic heterocycles. The van der Waals surface area contributed by atoms with Gasteiger partial charge in [-0.15, -0.1) is 0 Å². The van der Waals surface area contributed by atoms with Gasteiger partial charge in [0.05, 0.1) is 0 Å².